The van der Waals surface area contributed by atoms with E-state index < -0.39 is 0 Å². The highest BCUT2D eigenvalue weighted by molar-refractivity contribution is 5.41. The molecule has 1 unspecified atom stereocenters. The SMILES string of the molecule is CC(C)(C)CC(Nc1cccnc1)c1nn[nH]n1. The molecule has 0 bridgehead atoms. The molecule has 2 N–H and O–H groups in total. The number of anilines is 1. The van der Waals surface area contributed by atoms with Gasteiger partial charge in [-0.15, -0.1) is 10.2 Å². The van der Waals surface area contributed by atoms with Gasteiger partial charge in [0.15, 0.2) is 5.82 Å². The summed E-state index contributed by atoms with van der Waals surface area (Å²) in [7, 11) is 0. The zero-order valence-electron chi connectivity index (χ0n) is 10.9. The third kappa shape index (κ3) is 3.51. The number of hydrogen-bond acceptors (Lipinski definition) is 5. The van der Waals surface area contributed by atoms with Crippen molar-refractivity contribution in [1.82, 2.24) is 25.6 Å². The molecular formula is C12H18N6. The van der Waals surface area contributed by atoms with Crippen molar-refractivity contribution in [3.8, 4) is 0 Å². The summed E-state index contributed by atoms with van der Waals surface area (Å²) in [4.78, 5) is 4.09. The molecule has 0 aliphatic carbocycles. The summed E-state index contributed by atoms with van der Waals surface area (Å²) in [5.41, 5.74) is 1.12. The summed E-state index contributed by atoms with van der Waals surface area (Å²) in [5, 5.41) is 17.6. The van der Waals surface area contributed by atoms with E-state index in [4.69, 9.17) is 0 Å². The highest BCUT2D eigenvalue weighted by Gasteiger charge is 2.23. The van der Waals surface area contributed by atoms with Crippen LogP contribution >= 0.6 is 0 Å². The molecule has 0 saturated carbocycles. The lowest BCUT2D eigenvalue weighted by Crippen LogP contribution is -2.20. The number of hydrogen-bond donors (Lipinski definition) is 2. The molecule has 0 saturated heterocycles. The number of rotatable bonds is 4. The van der Waals surface area contributed by atoms with Gasteiger partial charge < -0.3 is 5.32 Å². The van der Waals surface area contributed by atoms with Gasteiger partial charge in [-0.3, -0.25) is 4.98 Å². The minimum Gasteiger partial charge on any atom is -0.374 e. The standard InChI is InChI=1S/C12H18N6/c1-12(2,3)7-10(11-15-17-18-16-11)14-9-5-4-6-13-8-9/h4-6,8,10,14H,7H2,1-3H3,(H,15,16,17,18). The predicted octanol–water partition coefficient (Wildman–Crippen LogP) is 2.18. The van der Waals surface area contributed by atoms with E-state index >= 15 is 0 Å². The summed E-state index contributed by atoms with van der Waals surface area (Å²) in [6.07, 6.45) is 4.44. The Kier molecular flexibility index (Phi) is 3.55. The maximum absolute atomic E-state index is 4.09. The molecule has 0 aliphatic heterocycles. The quantitative estimate of drug-likeness (QED) is 0.864. The zero-order valence-corrected chi connectivity index (χ0v) is 10.9. The van der Waals surface area contributed by atoms with Gasteiger partial charge in [0.25, 0.3) is 0 Å². The molecule has 0 aliphatic rings. The molecular weight excluding hydrogens is 228 g/mol. The van der Waals surface area contributed by atoms with Crippen LogP contribution in [0.2, 0.25) is 0 Å². The first kappa shape index (κ1) is 12.5. The molecule has 6 nitrogen and oxygen atoms in total. The maximum atomic E-state index is 4.09. The van der Waals surface area contributed by atoms with Crippen LogP contribution in [-0.4, -0.2) is 25.6 Å². The number of aromatic amines is 1. The topological polar surface area (TPSA) is 79.4 Å². The first-order chi connectivity index (χ1) is 8.54. The Morgan fingerprint density at radius 3 is 2.78 bits per heavy atom. The predicted molar refractivity (Wildman–Crippen MR) is 68.9 cm³/mol. The third-order valence-corrected chi connectivity index (χ3v) is 2.49. The molecule has 0 radical (unpaired) electrons. The molecule has 96 valence electrons. The van der Waals surface area contributed by atoms with Crippen molar-refractivity contribution in [3.63, 3.8) is 0 Å². The lowest BCUT2D eigenvalue weighted by molar-refractivity contribution is 0.347. The number of nitrogens with zero attached hydrogens (tertiary/aromatic N) is 4. The summed E-state index contributed by atoms with van der Waals surface area (Å²) in [6.45, 7) is 6.56. The Morgan fingerprint density at radius 2 is 2.22 bits per heavy atom. The fraction of sp³-hybridized carbons (Fsp3) is 0.500. The van der Waals surface area contributed by atoms with Crippen LogP contribution in [0.5, 0.6) is 0 Å². The smallest absolute Gasteiger partial charge is 0.196 e. The van der Waals surface area contributed by atoms with Crippen molar-refractivity contribution in [3.05, 3.63) is 30.4 Å². The first-order valence-electron chi connectivity index (χ1n) is 5.94. The van der Waals surface area contributed by atoms with E-state index in [1.807, 2.05) is 12.1 Å². The molecule has 0 amide bonds. The Bertz CT molecular complexity index is 459. The van der Waals surface area contributed by atoms with Crippen LogP contribution in [0.1, 0.15) is 39.1 Å². The number of tetrazole rings is 1. The molecule has 2 aromatic rings. The van der Waals surface area contributed by atoms with Crippen LogP contribution in [0.25, 0.3) is 0 Å². The molecule has 2 rings (SSSR count). The van der Waals surface area contributed by atoms with Gasteiger partial charge in [-0.2, -0.15) is 5.21 Å². The van der Waals surface area contributed by atoms with Crippen molar-refractivity contribution < 1.29 is 0 Å². The molecule has 1 atom stereocenters. The largest absolute Gasteiger partial charge is 0.374 e. The van der Waals surface area contributed by atoms with Crippen LogP contribution in [0.15, 0.2) is 24.5 Å². The lowest BCUT2D eigenvalue weighted by Gasteiger charge is -2.25. The molecule has 18 heavy (non-hydrogen) atoms. The summed E-state index contributed by atoms with van der Waals surface area (Å²) in [5.74, 6) is 0.675. The summed E-state index contributed by atoms with van der Waals surface area (Å²) >= 11 is 0. The maximum Gasteiger partial charge on any atom is 0.196 e. The van der Waals surface area contributed by atoms with Crippen LogP contribution in [-0.2, 0) is 0 Å². The fourth-order valence-corrected chi connectivity index (χ4v) is 1.79. The number of pyridine rings is 1. The first-order valence-corrected chi connectivity index (χ1v) is 5.94. The lowest BCUT2D eigenvalue weighted by atomic mass is 9.88. The molecule has 6 heteroatoms. The van der Waals surface area contributed by atoms with Crippen LogP contribution in [0.4, 0.5) is 5.69 Å². The molecule has 0 aromatic carbocycles. The van der Waals surface area contributed by atoms with E-state index in [2.05, 4.69) is 51.7 Å². The van der Waals surface area contributed by atoms with Gasteiger partial charge in [0.05, 0.1) is 11.7 Å². The van der Waals surface area contributed by atoms with Gasteiger partial charge in [0.2, 0.25) is 0 Å². The molecule has 2 heterocycles. The normalized spacial score (nSPS) is 13.3. The summed E-state index contributed by atoms with van der Waals surface area (Å²) in [6, 6.07) is 3.89. The summed E-state index contributed by atoms with van der Waals surface area (Å²) < 4.78 is 0. The number of aromatic nitrogens is 5. The highest BCUT2D eigenvalue weighted by atomic mass is 15.5. The van der Waals surface area contributed by atoms with Gasteiger partial charge in [-0.05, 0) is 24.0 Å². The molecule has 2 aromatic heterocycles. The third-order valence-electron chi connectivity index (χ3n) is 2.49. The minimum atomic E-state index is 0.0212. The van der Waals surface area contributed by atoms with Gasteiger partial charge in [0, 0.05) is 12.4 Å². The second kappa shape index (κ2) is 5.12. The van der Waals surface area contributed by atoms with Gasteiger partial charge in [-0.25, -0.2) is 0 Å². The zero-order chi connectivity index (χ0) is 13.0. The second-order valence-corrected chi connectivity index (χ2v) is 5.47. The molecule has 0 spiro atoms. The Balaban J connectivity index is 2.15. The van der Waals surface area contributed by atoms with E-state index in [9.17, 15) is 0 Å². The van der Waals surface area contributed by atoms with Gasteiger partial charge >= 0.3 is 0 Å². The van der Waals surface area contributed by atoms with Crippen molar-refractivity contribution in [2.24, 2.45) is 5.41 Å². The number of nitrogens with one attached hydrogen (secondary N) is 2. The highest BCUT2D eigenvalue weighted by Crippen LogP contribution is 2.29. The van der Waals surface area contributed by atoms with E-state index in [-0.39, 0.29) is 11.5 Å². The fourth-order valence-electron chi connectivity index (χ4n) is 1.79. The second-order valence-electron chi connectivity index (χ2n) is 5.47. The molecule has 0 fully saturated rings. The van der Waals surface area contributed by atoms with E-state index in [1.54, 1.807) is 12.4 Å². The van der Waals surface area contributed by atoms with Crippen molar-refractivity contribution in [2.45, 2.75) is 33.2 Å². The van der Waals surface area contributed by atoms with E-state index in [0.29, 0.717) is 5.82 Å². The number of H-pyrrole nitrogens is 1. The van der Waals surface area contributed by atoms with Crippen molar-refractivity contribution in [1.29, 1.82) is 0 Å². The Morgan fingerprint density at radius 1 is 1.39 bits per heavy atom. The van der Waals surface area contributed by atoms with E-state index in [0.717, 1.165) is 12.1 Å². The van der Waals surface area contributed by atoms with Gasteiger partial charge in [0.1, 0.15) is 0 Å². The van der Waals surface area contributed by atoms with Crippen molar-refractivity contribution in [2.75, 3.05) is 5.32 Å². The Hall–Kier alpha value is -1.98. The van der Waals surface area contributed by atoms with E-state index in [1.165, 1.54) is 0 Å². The Labute approximate surface area is 106 Å². The van der Waals surface area contributed by atoms with Crippen LogP contribution < -0.4 is 5.32 Å². The van der Waals surface area contributed by atoms with Crippen molar-refractivity contribution >= 4 is 5.69 Å². The van der Waals surface area contributed by atoms with Crippen LogP contribution in [0.3, 0.4) is 0 Å². The monoisotopic (exact) mass is 246 g/mol. The van der Waals surface area contributed by atoms with Gasteiger partial charge in [-0.1, -0.05) is 26.0 Å². The average Bonchev–Trinajstić information content (AvgIpc) is 2.81. The van der Waals surface area contributed by atoms with Crippen LogP contribution in [0, 0.1) is 5.41 Å². The minimum absolute atomic E-state index is 0.0212. The average molecular weight is 246 g/mol.